The molecule has 1 N–H and O–H groups in total. The number of hydrogen-bond donors (Lipinski definition) is 1. The van der Waals surface area contributed by atoms with Crippen LogP contribution >= 0.6 is 23.2 Å². The summed E-state index contributed by atoms with van der Waals surface area (Å²) in [4.78, 5) is 23.8. The van der Waals surface area contributed by atoms with Crippen molar-refractivity contribution in [3.8, 4) is 0 Å². The monoisotopic (exact) mass is 393 g/mol. The number of rotatable bonds is 7. The van der Waals surface area contributed by atoms with Crippen molar-refractivity contribution in [2.24, 2.45) is 0 Å². The molecule has 2 aromatic carbocycles. The van der Waals surface area contributed by atoms with Crippen molar-refractivity contribution in [2.45, 2.75) is 32.6 Å². The molecule has 0 heterocycles. The van der Waals surface area contributed by atoms with Gasteiger partial charge in [0.2, 0.25) is 0 Å². The van der Waals surface area contributed by atoms with Gasteiger partial charge in [-0.05, 0) is 47.7 Å². The lowest BCUT2D eigenvalue weighted by Gasteiger charge is -2.11. The number of nitrogens with one attached hydrogen (secondary N) is 1. The van der Waals surface area contributed by atoms with Crippen LogP contribution in [0.4, 0.5) is 5.69 Å². The van der Waals surface area contributed by atoms with Gasteiger partial charge in [-0.3, -0.25) is 9.59 Å². The molecule has 1 atom stereocenters. The van der Waals surface area contributed by atoms with Crippen molar-refractivity contribution in [3.05, 3.63) is 63.6 Å². The minimum Gasteiger partial charge on any atom is -0.455 e. The zero-order valence-corrected chi connectivity index (χ0v) is 16.2. The normalized spacial score (nSPS) is 11.7. The molecule has 0 aromatic heterocycles. The summed E-state index contributed by atoms with van der Waals surface area (Å²) in [5.41, 5.74) is 2.48. The summed E-state index contributed by atoms with van der Waals surface area (Å²) in [6.07, 6.45) is 1.03. The second kappa shape index (κ2) is 9.60. The number of halogens is 2. The molecule has 0 fully saturated rings. The van der Waals surface area contributed by atoms with Crippen molar-refractivity contribution in [1.82, 2.24) is 0 Å². The van der Waals surface area contributed by atoms with Crippen LogP contribution in [0.3, 0.4) is 0 Å². The molecular formula is C20H21Cl2NO3. The molecule has 0 aliphatic rings. The van der Waals surface area contributed by atoms with E-state index >= 15 is 0 Å². The molecule has 4 nitrogen and oxygen atoms in total. The molecule has 0 saturated carbocycles. The third-order valence-electron chi connectivity index (χ3n) is 4.09. The average molecular weight is 394 g/mol. The molecule has 6 heteroatoms. The molecule has 0 saturated heterocycles. The van der Waals surface area contributed by atoms with E-state index in [-0.39, 0.29) is 13.0 Å². The standard InChI is InChI=1S/C20H21Cl2NO3/c1-3-13(2)14-5-8-17(9-6-14)23-19(24)12-26-20(25)10-15-4-7-16(21)11-18(15)22/h4-9,11,13H,3,10,12H2,1-2H3,(H,23,24)/t13-/m1/s1. The Hall–Kier alpha value is -2.04. The quantitative estimate of drug-likeness (QED) is 0.654. The third kappa shape index (κ3) is 6.04. The highest BCUT2D eigenvalue weighted by molar-refractivity contribution is 6.35. The van der Waals surface area contributed by atoms with Crippen LogP contribution in [0, 0.1) is 0 Å². The zero-order valence-electron chi connectivity index (χ0n) is 14.7. The number of carbonyl (C=O) groups excluding carboxylic acids is 2. The van der Waals surface area contributed by atoms with Crippen LogP contribution in [0.2, 0.25) is 10.0 Å². The lowest BCUT2D eigenvalue weighted by atomic mass is 9.99. The minimum absolute atomic E-state index is 0.0209. The predicted octanol–water partition coefficient (Wildman–Crippen LogP) is 5.23. The van der Waals surface area contributed by atoms with Crippen molar-refractivity contribution in [3.63, 3.8) is 0 Å². The fourth-order valence-electron chi connectivity index (χ4n) is 2.35. The number of esters is 1. The first-order valence-electron chi connectivity index (χ1n) is 8.38. The molecule has 2 rings (SSSR count). The Bertz CT molecular complexity index is 775. The van der Waals surface area contributed by atoms with E-state index < -0.39 is 11.9 Å². The highest BCUT2D eigenvalue weighted by Crippen LogP contribution is 2.22. The van der Waals surface area contributed by atoms with Crippen LogP contribution < -0.4 is 5.32 Å². The molecule has 2 aromatic rings. The number of carbonyl (C=O) groups is 2. The summed E-state index contributed by atoms with van der Waals surface area (Å²) in [6, 6.07) is 12.5. The summed E-state index contributed by atoms with van der Waals surface area (Å²) < 4.78 is 5.00. The molecular weight excluding hydrogens is 373 g/mol. The van der Waals surface area contributed by atoms with Crippen molar-refractivity contribution in [1.29, 1.82) is 0 Å². The van der Waals surface area contributed by atoms with Gasteiger partial charge in [0.25, 0.3) is 5.91 Å². The average Bonchev–Trinajstić information content (AvgIpc) is 2.62. The van der Waals surface area contributed by atoms with Gasteiger partial charge in [-0.1, -0.05) is 55.2 Å². The van der Waals surface area contributed by atoms with Gasteiger partial charge in [0, 0.05) is 15.7 Å². The largest absolute Gasteiger partial charge is 0.455 e. The van der Waals surface area contributed by atoms with E-state index in [0.717, 1.165) is 6.42 Å². The molecule has 0 aliphatic carbocycles. The molecule has 0 unspecified atom stereocenters. The Kier molecular flexibility index (Phi) is 7.49. The van der Waals surface area contributed by atoms with E-state index in [1.165, 1.54) is 5.56 Å². The van der Waals surface area contributed by atoms with E-state index in [9.17, 15) is 9.59 Å². The van der Waals surface area contributed by atoms with Gasteiger partial charge in [-0.15, -0.1) is 0 Å². The van der Waals surface area contributed by atoms with E-state index in [1.54, 1.807) is 18.2 Å². The van der Waals surface area contributed by atoms with E-state index in [1.807, 2.05) is 24.3 Å². The first-order chi connectivity index (χ1) is 12.4. The molecule has 1 amide bonds. The number of anilines is 1. The summed E-state index contributed by atoms with van der Waals surface area (Å²) in [5.74, 6) is -0.450. The van der Waals surface area contributed by atoms with Crippen molar-refractivity contribution >= 4 is 40.8 Å². The third-order valence-corrected chi connectivity index (χ3v) is 4.68. The molecule has 26 heavy (non-hydrogen) atoms. The predicted molar refractivity (Wildman–Crippen MR) is 105 cm³/mol. The second-order valence-electron chi connectivity index (χ2n) is 6.05. The van der Waals surface area contributed by atoms with Gasteiger partial charge in [0.15, 0.2) is 6.61 Å². The molecule has 0 radical (unpaired) electrons. The Morgan fingerprint density at radius 1 is 1.12 bits per heavy atom. The van der Waals surface area contributed by atoms with Gasteiger partial charge >= 0.3 is 5.97 Å². The molecule has 0 aliphatic heterocycles. The highest BCUT2D eigenvalue weighted by Gasteiger charge is 2.11. The Morgan fingerprint density at radius 3 is 2.42 bits per heavy atom. The lowest BCUT2D eigenvalue weighted by molar-refractivity contribution is -0.146. The van der Waals surface area contributed by atoms with Gasteiger partial charge in [-0.25, -0.2) is 0 Å². The first kappa shape index (κ1) is 20.3. The number of benzene rings is 2. The fraction of sp³-hybridized carbons (Fsp3) is 0.300. The van der Waals surface area contributed by atoms with E-state index in [4.69, 9.17) is 27.9 Å². The lowest BCUT2D eigenvalue weighted by Crippen LogP contribution is -2.21. The SMILES string of the molecule is CC[C@@H](C)c1ccc(NC(=O)COC(=O)Cc2ccc(Cl)cc2Cl)cc1. The summed E-state index contributed by atoms with van der Waals surface area (Å²) in [5, 5.41) is 3.59. The zero-order chi connectivity index (χ0) is 19.1. The molecule has 0 bridgehead atoms. The molecule has 0 spiro atoms. The summed E-state index contributed by atoms with van der Waals surface area (Å²) in [6.45, 7) is 3.93. The van der Waals surface area contributed by atoms with Crippen molar-refractivity contribution in [2.75, 3.05) is 11.9 Å². The van der Waals surface area contributed by atoms with Crippen LogP contribution in [-0.4, -0.2) is 18.5 Å². The summed E-state index contributed by atoms with van der Waals surface area (Å²) >= 11 is 11.8. The second-order valence-corrected chi connectivity index (χ2v) is 6.90. The van der Waals surface area contributed by atoms with E-state index in [0.29, 0.717) is 27.2 Å². The van der Waals surface area contributed by atoms with Gasteiger partial charge in [-0.2, -0.15) is 0 Å². The summed E-state index contributed by atoms with van der Waals surface area (Å²) in [7, 11) is 0. The van der Waals surface area contributed by atoms with Crippen LogP contribution in [0.5, 0.6) is 0 Å². The number of amides is 1. The maximum atomic E-state index is 11.9. The van der Waals surface area contributed by atoms with Gasteiger partial charge < -0.3 is 10.1 Å². The van der Waals surface area contributed by atoms with Crippen LogP contribution in [0.15, 0.2) is 42.5 Å². The van der Waals surface area contributed by atoms with Gasteiger partial charge in [0.1, 0.15) is 0 Å². The maximum Gasteiger partial charge on any atom is 0.310 e. The Labute approximate surface area is 163 Å². The first-order valence-corrected chi connectivity index (χ1v) is 9.14. The number of ether oxygens (including phenoxy) is 1. The smallest absolute Gasteiger partial charge is 0.310 e. The fourth-order valence-corrected chi connectivity index (χ4v) is 2.82. The van der Waals surface area contributed by atoms with Crippen LogP contribution in [0.25, 0.3) is 0 Å². The molecule has 138 valence electrons. The van der Waals surface area contributed by atoms with Gasteiger partial charge in [0.05, 0.1) is 6.42 Å². The topological polar surface area (TPSA) is 55.4 Å². The Morgan fingerprint density at radius 2 is 1.81 bits per heavy atom. The maximum absolute atomic E-state index is 11.9. The van der Waals surface area contributed by atoms with Crippen LogP contribution in [0.1, 0.15) is 37.3 Å². The number of hydrogen-bond acceptors (Lipinski definition) is 3. The van der Waals surface area contributed by atoms with Crippen molar-refractivity contribution < 1.29 is 14.3 Å². The minimum atomic E-state index is -0.531. The highest BCUT2D eigenvalue weighted by atomic mass is 35.5. The van der Waals surface area contributed by atoms with E-state index in [2.05, 4.69) is 19.2 Å². The van der Waals surface area contributed by atoms with Crippen LogP contribution in [-0.2, 0) is 20.7 Å². The Balaban J connectivity index is 1.81.